The van der Waals surface area contributed by atoms with Crippen LogP contribution in [0.2, 0.25) is 0 Å². The number of benzene rings is 2. The molecule has 3 nitrogen and oxygen atoms in total. The molecule has 136 valence electrons. The number of aliphatic hydroxyl groups is 1. The van der Waals surface area contributed by atoms with Gasteiger partial charge in [0.25, 0.3) is 0 Å². The number of hydrogen-bond donors (Lipinski definition) is 2. The van der Waals surface area contributed by atoms with Gasteiger partial charge in [0.1, 0.15) is 0 Å². The summed E-state index contributed by atoms with van der Waals surface area (Å²) in [4.78, 5) is 11.4. The molecule has 1 saturated carbocycles. The second-order valence-electron chi connectivity index (χ2n) is 8.43. The van der Waals surface area contributed by atoms with Crippen LogP contribution in [0.25, 0.3) is 0 Å². The number of rotatable bonds is 3. The number of carboxylic acid groups (broad SMARTS) is 1. The third-order valence-corrected chi connectivity index (χ3v) is 6.59. The first-order valence-electron chi connectivity index (χ1n) is 9.53. The molecule has 3 heteroatoms. The SMILES string of the molecule is CC1(O)CCC2(Cc3ccccc3)c3ccc(C(=O)O)cc3CCC2C1. The topological polar surface area (TPSA) is 57.5 Å². The zero-order valence-electron chi connectivity index (χ0n) is 15.2. The lowest BCUT2D eigenvalue weighted by atomic mass is 9.53. The Labute approximate surface area is 154 Å². The van der Waals surface area contributed by atoms with Crippen molar-refractivity contribution in [2.24, 2.45) is 5.92 Å². The molecule has 3 atom stereocenters. The van der Waals surface area contributed by atoms with Crippen molar-refractivity contribution in [1.29, 1.82) is 0 Å². The number of carbonyl (C=O) groups is 1. The highest BCUT2D eigenvalue weighted by Crippen LogP contribution is 2.54. The number of aryl methyl sites for hydroxylation is 1. The molecule has 0 radical (unpaired) electrons. The summed E-state index contributed by atoms with van der Waals surface area (Å²) in [5.74, 6) is -0.437. The zero-order chi connectivity index (χ0) is 18.4. The van der Waals surface area contributed by atoms with Crippen LogP contribution >= 0.6 is 0 Å². The van der Waals surface area contributed by atoms with Crippen molar-refractivity contribution in [3.63, 3.8) is 0 Å². The van der Waals surface area contributed by atoms with Gasteiger partial charge in [0, 0.05) is 5.41 Å². The van der Waals surface area contributed by atoms with Gasteiger partial charge in [-0.25, -0.2) is 4.79 Å². The smallest absolute Gasteiger partial charge is 0.335 e. The van der Waals surface area contributed by atoms with Gasteiger partial charge in [0.05, 0.1) is 11.2 Å². The van der Waals surface area contributed by atoms with Crippen LogP contribution in [0.15, 0.2) is 48.5 Å². The molecule has 0 aromatic heterocycles. The molecule has 0 saturated heterocycles. The minimum atomic E-state index is -0.862. The quantitative estimate of drug-likeness (QED) is 0.864. The van der Waals surface area contributed by atoms with E-state index in [0.717, 1.165) is 38.5 Å². The Morgan fingerprint density at radius 2 is 1.92 bits per heavy atom. The van der Waals surface area contributed by atoms with Crippen LogP contribution < -0.4 is 0 Å². The molecule has 0 heterocycles. The molecule has 2 aromatic carbocycles. The van der Waals surface area contributed by atoms with E-state index in [-0.39, 0.29) is 5.41 Å². The Kier molecular flexibility index (Phi) is 4.15. The maximum atomic E-state index is 11.4. The predicted molar refractivity (Wildman–Crippen MR) is 102 cm³/mol. The van der Waals surface area contributed by atoms with Crippen LogP contribution in [0.1, 0.15) is 59.7 Å². The van der Waals surface area contributed by atoms with Crippen molar-refractivity contribution < 1.29 is 15.0 Å². The molecule has 0 spiro atoms. The standard InChI is InChI=1S/C23H26O3/c1-22(26)11-12-23(14-16-5-3-2-4-6-16)19(15-22)9-7-17-13-18(21(24)25)8-10-20(17)23/h2-6,8,10,13,19,26H,7,9,11-12,14-15H2,1H3,(H,24,25). The van der Waals surface area contributed by atoms with E-state index in [4.69, 9.17) is 0 Å². The molecule has 2 aliphatic rings. The molecular formula is C23H26O3. The van der Waals surface area contributed by atoms with Crippen LogP contribution in [0.3, 0.4) is 0 Å². The fourth-order valence-corrected chi connectivity index (χ4v) is 5.29. The highest BCUT2D eigenvalue weighted by molar-refractivity contribution is 5.88. The highest BCUT2D eigenvalue weighted by atomic mass is 16.4. The van der Waals surface area contributed by atoms with Crippen LogP contribution in [0.5, 0.6) is 0 Å². The molecule has 0 aliphatic heterocycles. The average Bonchev–Trinajstić information content (AvgIpc) is 2.62. The van der Waals surface area contributed by atoms with Crippen molar-refractivity contribution >= 4 is 5.97 Å². The first kappa shape index (κ1) is 17.3. The van der Waals surface area contributed by atoms with Gasteiger partial charge in [0.2, 0.25) is 0 Å². The van der Waals surface area contributed by atoms with Gasteiger partial charge in [-0.1, -0.05) is 36.4 Å². The Bertz CT molecular complexity index is 825. The van der Waals surface area contributed by atoms with Crippen LogP contribution in [0.4, 0.5) is 0 Å². The van der Waals surface area contributed by atoms with E-state index >= 15 is 0 Å². The molecular weight excluding hydrogens is 324 g/mol. The fourth-order valence-electron chi connectivity index (χ4n) is 5.29. The van der Waals surface area contributed by atoms with Gasteiger partial charge in [-0.2, -0.15) is 0 Å². The Morgan fingerprint density at radius 3 is 2.65 bits per heavy atom. The predicted octanol–water partition coefficient (Wildman–Crippen LogP) is 4.36. The second-order valence-corrected chi connectivity index (χ2v) is 8.43. The molecule has 1 fully saturated rings. The van der Waals surface area contributed by atoms with E-state index in [1.54, 1.807) is 6.07 Å². The van der Waals surface area contributed by atoms with Crippen molar-refractivity contribution in [3.8, 4) is 0 Å². The van der Waals surface area contributed by atoms with E-state index in [1.165, 1.54) is 16.7 Å². The second kappa shape index (κ2) is 6.24. The summed E-state index contributed by atoms with van der Waals surface area (Å²) in [5, 5.41) is 20.0. The number of fused-ring (bicyclic) bond motifs is 3. The molecule has 4 rings (SSSR count). The summed E-state index contributed by atoms with van der Waals surface area (Å²) in [6.07, 6.45) is 5.41. The first-order chi connectivity index (χ1) is 12.4. The molecule has 0 amide bonds. The molecule has 2 N–H and O–H groups in total. The third kappa shape index (κ3) is 2.95. The van der Waals surface area contributed by atoms with Crippen LogP contribution in [-0.2, 0) is 18.3 Å². The Morgan fingerprint density at radius 1 is 1.15 bits per heavy atom. The van der Waals surface area contributed by atoms with E-state index < -0.39 is 11.6 Å². The van der Waals surface area contributed by atoms with Gasteiger partial charge in [-0.15, -0.1) is 0 Å². The summed E-state index contributed by atoms with van der Waals surface area (Å²) in [6, 6.07) is 16.2. The maximum absolute atomic E-state index is 11.4. The molecule has 2 aromatic rings. The molecule has 26 heavy (non-hydrogen) atoms. The zero-order valence-corrected chi connectivity index (χ0v) is 15.2. The largest absolute Gasteiger partial charge is 0.478 e. The Hall–Kier alpha value is -2.13. The van der Waals surface area contributed by atoms with Gasteiger partial charge in [0.15, 0.2) is 0 Å². The van der Waals surface area contributed by atoms with Crippen molar-refractivity contribution in [2.75, 3.05) is 0 Å². The third-order valence-electron chi connectivity index (χ3n) is 6.59. The molecule has 3 unspecified atom stereocenters. The lowest BCUT2D eigenvalue weighted by molar-refractivity contribution is -0.0366. The van der Waals surface area contributed by atoms with Crippen molar-refractivity contribution in [1.82, 2.24) is 0 Å². The van der Waals surface area contributed by atoms with Crippen LogP contribution in [-0.4, -0.2) is 21.8 Å². The lowest BCUT2D eigenvalue weighted by Crippen LogP contribution is -2.50. The fraction of sp³-hybridized carbons (Fsp3) is 0.435. The van der Waals surface area contributed by atoms with Gasteiger partial charge in [-0.3, -0.25) is 0 Å². The van der Waals surface area contributed by atoms with E-state index in [1.807, 2.05) is 25.1 Å². The average molecular weight is 350 g/mol. The monoisotopic (exact) mass is 350 g/mol. The number of hydrogen-bond acceptors (Lipinski definition) is 2. The van der Waals surface area contributed by atoms with Crippen LogP contribution in [0, 0.1) is 5.92 Å². The highest BCUT2D eigenvalue weighted by Gasteiger charge is 2.50. The summed E-state index contributed by atoms with van der Waals surface area (Å²) in [7, 11) is 0. The normalized spacial score (nSPS) is 30.3. The number of aromatic carboxylic acids is 1. The Balaban J connectivity index is 1.81. The first-order valence-corrected chi connectivity index (χ1v) is 9.53. The lowest BCUT2D eigenvalue weighted by Gasteiger charge is -2.52. The summed E-state index contributed by atoms with van der Waals surface area (Å²) >= 11 is 0. The van der Waals surface area contributed by atoms with E-state index in [2.05, 4.69) is 24.3 Å². The summed E-state index contributed by atoms with van der Waals surface area (Å²) < 4.78 is 0. The maximum Gasteiger partial charge on any atom is 0.335 e. The molecule has 0 bridgehead atoms. The van der Waals surface area contributed by atoms with E-state index in [0.29, 0.717) is 11.5 Å². The van der Waals surface area contributed by atoms with Gasteiger partial charge < -0.3 is 10.2 Å². The van der Waals surface area contributed by atoms with Crippen molar-refractivity contribution in [3.05, 3.63) is 70.8 Å². The van der Waals surface area contributed by atoms with Crippen molar-refractivity contribution in [2.45, 2.75) is 56.5 Å². The minimum Gasteiger partial charge on any atom is -0.478 e. The van der Waals surface area contributed by atoms with Gasteiger partial charge in [-0.05, 0) is 80.2 Å². The van der Waals surface area contributed by atoms with E-state index in [9.17, 15) is 15.0 Å². The summed E-state index contributed by atoms with van der Waals surface area (Å²) in [6.45, 7) is 1.96. The molecule has 2 aliphatic carbocycles. The summed E-state index contributed by atoms with van der Waals surface area (Å²) in [5.41, 5.74) is 3.57. The number of carboxylic acids is 1. The minimum absolute atomic E-state index is 0.00574. The van der Waals surface area contributed by atoms with Gasteiger partial charge >= 0.3 is 5.97 Å².